The van der Waals surface area contributed by atoms with Crippen molar-refractivity contribution >= 4 is 5.78 Å². The number of ether oxygens (including phenoxy) is 2. The predicted octanol–water partition coefficient (Wildman–Crippen LogP) is 1.94. The van der Waals surface area contributed by atoms with Crippen molar-refractivity contribution in [2.24, 2.45) is 0 Å². The van der Waals surface area contributed by atoms with Crippen LogP contribution in [-0.2, 0) is 14.3 Å². The summed E-state index contributed by atoms with van der Waals surface area (Å²) in [6.45, 7) is 1.19. The number of ketones is 1. The number of carbonyl (C=O) groups is 1. The van der Waals surface area contributed by atoms with Crippen molar-refractivity contribution in [3.63, 3.8) is 0 Å². The first-order valence-corrected chi connectivity index (χ1v) is 5.45. The van der Waals surface area contributed by atoms with E-state index in [1.54, 1.807) is 7.11 Å². The van der Waals surface area contributed by atoms with E-state index in [1.165, 1.54) is 12.8 Å². The number of rotatable bonds is 7. The second kappa shape index (κ2) is 6.96. The fourth-order valence-corrected chi connectivity index (χ4v) is 1.80. The molecule has 0 spiro atoms. The molecule has 1 aliphatic heterocycles. The van der Waals surface area contributed by atoms with E-state index >= 15 is 0 Å². The summed E-state index contributed by atoms with van der Waals surface area (Å²) in [5.74, 6) is 0.208. The van der Waals surface area contributed by atoms with Gasteiger partial charge in [0.05, 0.1) is 6.10 Å². The minimum atomic E-state index is 0.208. The highest BCUT2D eigenvalue weighted by Gasteiger charge is 2.14. The van der Waals surface area contributed by atoms with Gasteiger partial charge >= 0.3 is 0 Å². The highest BCUT2D eigenvalue weighted by Crippen LogP contribution is 2.18. The molecule has 1 unspecified atom stereocenters. The van der Waals surface area contributed by atoms with Gasteiger partial charge in [0.1, 0.15) is 6.61 Å². The van der Waals surface area contributed by atoms with Gasteiger partial charge in [-0.2, -0.15) is 0 Å². The Balaban J connectivity index is 1.90. The normalized spacial score (nSPS) is 21.4. The van der Waals surface area contributed by atoms with Crippen LogP contribution in [0.2, 0.25) is 0 Å². The zero-order chi connectivity index (χ0) is 10.2. The molecule has 0 aromatic carbocycles. The minimum absolute atomic E-state index is 0.208. The fraction of sp³-hybridized carbons (Fsp3) is 0.909. The molecule has 0 bridgehead atoms. The Morgan fingerprint density at radius 1 is 1.50 bits per heavy atom. The summed E-state index contributed by atoms with van der Waals surface area (Å²) in [5.41, 5.74) is 0. The summed E-state index contributed by atoms with van der Waals surface area (Å²) in [6.07, 6.45) is 6.70. The lowest BCUT2D eigenvalue weighted by atomic mass is 10.1. The Bertz CT molecular complexity index is 162. The summed E-state index contributed by atoms with van der Waals surface area (Å²) >= 11 is 0. The van der Waals surface area contributed by atoms with E-state index < -0.39 is 0 Å². The summed E-state index contributed by atoms with van der Waals surface area (Å²) in [5, 5.41) is 0. The average molecular weight is 200 g/mol. The third-order valence-electron chi connectivity index (χ3n) is 2.56. The maximum absolute atomic E-state index is 11.1. The predicted molar refractivity (Wildman–Crippen MR) is 54.3 cm³/mol. The number of Topliss-reactive ketones (excluding diaryl/α,β-unsaturated/α-hetero) is 1. The molecule has 0 radical (unpaired) electrons. The maximum Gasteiger partial charge on any atom is 0.158 e. The summed E-state index contributed by atoms with van der Waals surface area (Å²) in [4.78, 5) is 11.1. The van der Waals surface area contributed by atoms with Crippen LogP contribution in [0.25, 0.3) is 0 Å². The number of unbranched alkanes of at least 4 members (excludes halogenated alkanes) is 1. The first kappa shape index (κ1) is 11.7. The molecule has 0 aliphatic carbocycles. The van der Waals surface area contributed by atoms with Gasteiger partial charge in [0.15, 0.2) is 5.78 Å². The Kier molecular flexibility index (Phi) is 5.80. The van der Waals surface area contributed by atoms with Crippen molar-refractivity contribution in [1.29, 1.82) is 0 Å². The van der Waals surface area contributed by atoms with Crippen LogP contribution >= 0.6 is 0 Å². The molecule has 0 saturated carbocycles. The van der Waals surface area contributed by atoms with E-state index in [-0.39, 0.29) is 12.4 Å². The van der Waals surface area contributed by atoms with E-state index in [9.17, 15) is 4.79 Å². The Morgan fingerprint density at radius 3 is 3.00 bits per heavy atom. The summed E-state index contributed by atoms with van der Waals surface area (Å²) < 4.78 is 10.3. The molecule has 1 fully saturated rings. The molecule has 3 nitrogen and oxygen atoms in total. The van der Waals surface area contributed by atoms with Crippen LogP contribution in [0.5, 0.6) is 0 Å². The maximum atomic E-state index is 11.1. The molecule has 1 heterocycles. The van der Waals surface area contributed by atoms with E-state index in [0.29, 0.717) is 12.5 Å². The molecule has 1 saturated heterocycles. The average Bonchev–Trinajstić information content (AvgIpc) is 2.65. The quantitative estimate of drug-likeness (QED) is 0.589. The molecule has 1 rings (SSSR count). The molecule has 1 aliphatic rings. The van der Waals surface area contributed by atoms with Gasteiger partial charge in [0.25, 0.3) is 0 Å². The molecule has 3 heteroatoms. The van der Waals surface area contributed by atoms with Gasteiger partial charge in [-0.25, -0.2) is 0 Å². The number of methoxy groups -OCH3 is 1. The smallest absolute Gasteiger partial charge is 0.158 e. The van der Waals surface area contributed by atoms with Crippen LogP contribution < -0.4 is 0 Å². The van der Waals surface area contributed by atoms with Gasteiger partial charge in [0, 0.05) is 20.1 Å². The zero-order valence-electron chi connectivity index (χ0n) is 8.96. The van der Waals surface area contributed by atoms with Crippen molar-refractivity contribution in [2.75, 3.05) is 20.3 Å². The molecule has 1 atom stereocenters. The van der Waals surface area contributed by atoms with Crippen molar-refractivity contribution < 1.29 is 14.3 Å². The third kappa shape index (κ3) is 4.72. The minimum Gasteiger partial charge on any atom is -0.378 e. The Morgan fingerprint density at radius 2 is 2.36 bits per heavy atom. The SMILES string of the molecule is COCC(=O)CCCCC1CCCO1. The largest absolute Gasteiger partial charge is 0.378 e. The molecule has 0 aromatic heterocycles. The van der Waals surface area contributed by atoms with E-state index in [4.69, 9.17) is 9.47 Å². The van der Waals surface area contributed by atoms with Gasteiger partial charge in [-0.3, -0.25) is 4.79 Å². The van der Waals surface area contributed by atoms with Crippen LogP contribution in [0.15, 0.2) is 0 Å². The molecule has 14 heavy (non-hydrogen) atoms. The van der Waals surface area contributed by atoms with Crippen LogP contribution in [0.4, 0.5) is 0 Å². The van der Waals surface area contributed by atoms with Gasteiger partial charge in [-0.05, 0) is 25.7 Å². The van der Waals surface area contributed by atoms with Crippen molar-refractivity contribution in [3.8, 4) is 0 Å². The molecule has 0 aromatic rings. The Labute approximate surface area is 85.8 Å². The molecule has 0 N–H and O–H groups in total. The standard InChI is InChI=1S/C11H20O3/c1-13-9-10(12)5-2-3-6-11-7-4-8-14-11/h11H,2-9H2,1H3. The van der Waals surface area contributed by atoms with E-state index in [1.807, 2.05) is 0 Å². The van der Waals surface area contributed by atoms with Crippen LogP contribution in [-0.4, -0.2) is 32.2 Å². The second-order valence-electron chi connectivity index (χ2n) is 3.85. The number of hydrogen-bond donors (Lipinski definition) is 0. The lowest BCUT2D eigenvalue weighted by Gasteiger charge is -2.07. The monoisotopic (exact) mass is 200 g/mol. The van der Waals surface area contributed by atoms with Gasteiger partial charge in [-0.1, -0.05) is 6.42 Å². The van der Waals surface area contributed by atoms with Crippen LogP contribution in [0.1, 0.15) is 38.5 Å². The first-order valence-electron chi connectivity index (χ1n) is 5.45. The first-order chi connectivity index (χ1) is 6.83. The lowest BCUT2D eigenvalue weighted by molar-refractivity contribution is -0.122. The van der Waals surface area contributed by atoms with Gasteiger partial charge in [0.2, 0.25) is 0 Å². The van der Waals surface area contributed by atoms with Crippen molar-refractivity contribution in [2.45, 2.75) is 44.6 Å². The zero-order valence-corrected chi connectivity index (χ0v) is 8.96. The molecule has 0 amide bonds. The topological polar surface area (TPSA) is 35.5 Å². The molecular weight excluding hydrogens is 180 g/mol. The second-order valence-corrected chi connectivity index (χ2v) is 3.85. The molecule has 82 valence electrons. The van der Waals surface area contributed by atoms with Crippen molar-refractivity contribution in [3.05, 3.63) is 0 Å². The van der Waals surface area contributed by atoms with Gasteiger partial charge in [-0.15, -0.1) is 0 Å². The van der Waals surface area contributed by atoms with Crippen LogP contribution in [0.3, 0.4) is 0 Å². The van der Waals surface area contributed by atoms with Gasteiger partial charge < -0.3 is 9.47 Å². The number of carbonyl (C=O) groups excluding carboxylic acids is 1. The third-order valence-corrected chi connectivity index (χ3v) is 2.56. The molecular formula is C11H20O3. The number of hydrogen-bond acceptors (Lipinski definition) is 3. The van der Waals surface area contributed by atoms with Crippen molar-refractivity contribution in [1.82, 2.24) is 0 Å². The fourth-order valence-electron chi connectivity index (χ4n) is 1.80. The van der Waals surface area contributed by atoms with E-state index in [0.717, 1.165) is 25.9 Å². The highest BCUT2D eigenvalue weighted by atomic mass is 16.5. The highest BCUT2D eigenvalue weighted by molar-refractivity contribution is 5.79. The summed E-state index contributed by atoms with van der Waals surface area (Å²) in [6, 6.07) is 0. The Hall–Kier alpha value is -0.410. The van der Waals surface area contributed by atoms with E-state index in [2.05, 4.69) is 0 Å². The van der Waals surface area contributed by atoms with Crippen LogP contribution in [0, 0.1) is 0 Å². The summed E-state index contributed by atoms with van der Waals surface area (Å²) in [7, 11) is 1.56. The lowest BCUT2D eigenvalue weighted by Crippen LogP contribution is -2.07.